The lowest BCUT2D eigenvalue weighted by Crippen LogP contribution is -1.98. The van der Waals surface area contributed by atoms with E-state index < -0.39 is 0 Å². The van der Waals surface area contributed by atoms with Gasteiger partial charge < -0.3 is 14.2 Å². The maximum atomic E-state index is 10.5. The van der Waals surface area contributed by atoms with E-state index in [0.29, 0.717) is 31.2 Å². The lowest BCUT2D eigenvalue weighted by molar-refractivity contribution is -0.385. The number of hydrogen-bond donors (Lipinski definition) is 0. The third-order valence-electron chi connectivity index (χ3n) is 8.73. The summed E-state index contributed by atoms with van der Waals surface area (Å²) in [6.07, 6.45) is 0. The van der Waals surface area contributed by atoms with Crippen LogP contribution in [-0.4, -0.2) is 11.7 Å². The fourth-order valence-electron chi connectivity index (χ4n) is 5.58. The molecule has 6 nitrogen and oxygen atoms in total. The van der Waals surface area contributed by atoms with E-state index in [1.165, 1.54) is 39.4 Å². The minimum Gasteiger partial charge on any atom is -0.489 e. The maximum Gasteiger partial charge on any atom is 0.272 e. The van der Waals surface area contributed by atoms with Crippen molar-refractivity contribution in [2.45, 2.75) is 137 Å². The Hall–Kier alpha value is -5.10. The van der Waals surface area contributed by atoms with Crippen molar-refractivity contribution in [3.63, 3.8) is 0 Å². The van der Waals surface area contributed by atoms with Gasteiger partial charge in [-0.3, -0.25) is 10.1 Å². The first-order valence-corrected chi connectivity index (χ1v) is 18.2. The number of rotatable bonds is 8. The standard InChI is InChI=1S/C17H20O.C10H12O2.C10H14.C9H11NO2.5CH4/c1-13(2)16-9-10-17(14(3)11-16)18-12-15-7-5-4-6-8-15;1-7(2)8-3-4-9-10(5-8)12-6-11-9;1-8(2)10-7-5-4-6-9(10)3;1-7(2)8-5-3-4-6-9(8)10(11)12;;;;;/h4-11,13H,12H2,1-3H3;3-5,7H,6H2,1-2H3;4-8H,1-3H3;3-7H,1-2H3;5*1H4. The highest BCUT2D eigenvalue weighted by Gasteiger charge is 2.15. The van der Waals surface area contributed by atoms with Crippen LogP contribution in [-0.2, 0) is 6.61 Å². The molecular formula is C51H77NO5. The molecule has 0 aliphatic carbocycles. The van der Waals surface area contributed by atoms with Crippen molar-refractivity contribution in [3.8, 4) is 17.2 Å². The second-order valence-electron chi connectivity index (χ2n) is 14.2. The molecule has 6 heteroatoms. The molecule has 5 aromatic carbocycles. The van der Waals surface area contributed by atoms with Crippen molar-refractivity contribution in [1.82, 2.24) is 0 Å². The van der Waals surface area contributed by atoms with Gasteiger partial charge in [0.2, 0.25) is 6.79 Å². The Labute approximate surface area is 348 Å². The molecule has 0 saturated carbocycles. The summed E-state index contributed by atoms with van der Waals surface area (Å²) in [6, 6.07) is 38.2. The fourth-order valence-corrected chi connectivity index (χ4v) is 5.58. The van der Waals surface area contributed by atoms with Gasteiger partial charge in [0, 0.05) is 11.6 Å². The van der Waals surface area contributed by atoms with Crippen LogP contribution in [0.25, 0.3) is 0 Å². The first-order chi connectivity index (χ1) is 24.8. The zero-order valence-electron chi connectivity index (χ0n) is 32.7. The van der Waals surface area contributed by atoms with Crippen molar-refractivity contribution < 1.29 is 19.1 Å². The van der Waals surface area contributed by atoms with Crippen molar-refractivity contribution in [2.24, 2.45) is 0 Å². The van der Waals surface area contributed by atoms with E-state index in [4.69, 9.17) is 14.2 Å². The van der Waals surface area contributed by atoms with Crippen LogP contribution in [0.5, 0.6) is 17.2 Å². The smallest absolute Gasteiger partial charge is 0.272 e. The summed E-state index contributed by atoms with van der Waals surface area (Å²) in [5.74, 6) is 4.67. The molecule has 0 aromatic heterocycles. The lowest BCUT2D eigenvalue weighted by atomic mass is 9.99. The second-order valence-corrected chi connectivity index (χ2v) is 14.2. The summed E-state index contributed by atoms with van der Waals surface area (Å²) in [5, 5.41) is 10.5. The van der Waals surface area contributed by atoms with Crippen LogP contribution >= 0.6 is 0 Å². The highest BCUT2D eigenvalue weighted by molar-refractivity contribution is 5.45. The Morgan fingerprint density at radius 3 is 1.54 bits per heavy atom. The molecule has 0 bridgehead atoms. The molecule has 0 fully saturated rings. The molecule has 1 aliphatic rings. The van der Waals surface area contributed by atoms with Gasteiger partial charge in [-0.1, -0.05) is 184 Å². The van der Waals surface area contributed by atoms with Crippen LogP contribution in [0.4, 0.5) is 5.69 Å². The van der Waals surface area contributed by atoms with Gasteiger partial charge in [-0.15, -0.1) is 0 Å². The Bertz CT molecular complexity index is 1830. The number of fused-ring (bicyclic) bond motifs is 1. The van der Waals surface area contributed by atoms with Gasteiger partial charge in [0.05, 0.1) is 4.92 Å². The molecule has 0 atom stereocenters. The van der Waals surface area contributed by atoms with Crippen molar-refractivity contribution in [2.75, 3.05) is 6.79 Å². The van der Waals surface area contributed by atoms with Crippen LogP contribution in [0.2, 0.25) is 0 Å². The quantitative estimate of drug-likeness (QED) is 0.116. The number of aryl methyl sites for hydroxylation is 2. The number of hydrogen-bond acceptors (Lipinski definition) is 5. The van der Waals surface area contributed by atoms with Gasteiger partial charge in [-0.2, -0.15) is 0 Å². The van der Waals surface area contributed by atoms with E-state index in [0.717, 1.165) is 22.8 Å². The number of nitro benzene ring substituents is 1. The largest absolute Gasteiger partial charge is 0.489 e. The maximum absolute atomic E-state index is 10.5. The van der Waals surface area contributed by atoms with Gasteiger partial charge in [-0.25, -0.2) is 0 Å². The van der Waals surface area contributed by atoms with E-state index >= 15 is 0 Å². The second kappa shape index (κ2) is 28.3. The van der Waals surface area contributed by atoms with Gasteiger partial charge in [0.25, 0.3) is 5.69 Å². The molecular weight excluding hydrogens is 707 g/mol. The number of nitro groups is 1. The fraction of sp³-hybridized carbons (Fsp3) is 0.412. The molecule has 1 aliphatic heterocycles. The third kappa shape index (κ3) is 18.1. The van der Waals surface area contributed by atoms with Crippen LogP contribution in [0.15, 0.2) is 115 Å². The van der Waals surface area contributed by atoms with Gasteiger partial charge in [-0.05, 0) is 89.1 Å². The highest BCUT2D eigenvalue weighted by Crippen LogP contribution is 2.34. The van der Waals surface area contributed by atoms with E-state index in [-0.39, 0.29) is 53.7 Å². The SMILES string of the molecule is C.C.C.C.C.CC(C)c1ccc2c(c1)OCO2.CC(C)c1ccccc1[N+](=O)[O-].Cc1cc(C(C)C)ccc1OCc1ccccc1.Cc1ccccc1C(C)C. The average molecular weight is 784 g/mol. The summed E-state index contributed by atoms with van der Waals surface area (Å²) < 4.78 is 16.3. The van der Waals surface area contributed by atoms with Crippen LogP contribution in [0.1, 0.15) is 155 Å². The zero-order chi connectivity index (χ0) is 38.2. The molecule has 0 amide bonds. The van der Waals surface area contributed by atoms with Gasteiger partial charge in [0.1, 0.15) is 12.4 Å². The Morgan fingerprint density at radius 1 is 0.561 bits per heavy atom. The molecule has 316 valence electrons. The van der Waals surface area contributed by atoms with Crippen LogP contribution < -0.4 is 14.2 Å². The van der Waals surface area contributed by atoms with Gasteiger partial charge in [0.15, 0.2) is 11.5 Å². The van der Waals surface area contributed by atoms with Gasteiger partial charge >= 0.3 is 0 Å². The summed E-state index contributed by atoms with van der Waals surface area (Å²) in [6.45, 7) is 22.3. The molecule has 1 heterocycles. The molecule has 0 unspecified atom stereocenters. The predicted octanol–water partition coefficient (Wildman–Crippen LogP) is 16.3. The Morgan fingerprint density at radius 2 is 1.05 bits per heavy atom. The predicted molar refractivity (Wildman–Crippen MR) is 249 cm³/mol. The summed E-state index contributed by atoms with van der Waals surface area (Å²) in [7, 11) is 0. The molecule has 0 radical (unpaired) electrons. The van der Waals surface area contributed by atoms with Crippen molar-refractivity contribution >= 4 is 5.69 Å². The van der Waals surface area contributed by atoms with Crippen molar-refractivity contribution in [3.05, 3.63) is 164 Å². The molecule has 6 rings (SSSR count). The topological polar surface area (TPSA) is 70.8 Å². The van der Waals surface area contributed by atoms with E-state index in [1.54, 1.807) is 12.1 Å². The first kappa shape index (κ1) is 56.2. The minimum absolute atomic E-state index is 0. The summed E-state index contributed by atoms with van der Waals surface area (Å²) in [4.78, 5) is 10.2. The third-order valence-corrected chi connectivity index (χ3v) is 8.73. The Kier molecular flexibility index (Phi) is 27.9. The van der Waals surface area contributed by atoms with E-state index in [1.807, 2.05) is 50.2 Å². The van der Waals surface area contributed by atoms with Crippen molar-refractivity contribution in [1.29, 1.82) is 0 Å². The Balaban J connectivity index is -0.000000678. The average Bonchev–Trinajstić information content (AvgIpc) is 3.61. The normalized spacial score (nSPS) is 10.3. The molecule has 5 aromatic rings. The molecule has 57 heavy (non-hydrogen) atoms. The number of benzene rings is 5. The van der Waals surface area contributed by atoms with Crippen LogP contribution in [0, 0.1) is 24.0 Å². The highest BCUT2D eigenvalue weighted by atomic mass is 16.7. The molecule has 0 spiro atoms. The summed E-state index contributed by atoms with van der Waals surface area (Å²) >= 11 is 0. The number of nitrogens with zero attached hydrogens (tertiary/aromatic N) is 1. The minimum atomic E-state index is -0.338. The van der Waals surface area contributed by atoms with E-state index in [2.05, 4.69) is 116 Å². The molecule has 0 saturated heterocycles. The molecule has 0 N–H and O–H groups in total. The number of para-hydroxylation sites is 1. The van der Waals surface area contributed by atoms with Crippen LogP contribution in [0.3, 0.4) is 0 Å². The summed E-state index contributed by atoms with van der Waals surface area (Å²) in [5.41, 5.74) is 8.93. The van der Waals surface area contributed by atoms with E-state index in [9.17, 15) is 10.1 Å². The lowest BCUT2D eigenvalue weighted by Gasteiger charge is -2.12. The zero-order valence-corrected chi connectivity index (χ0v) is 32.7. The first-order valence-electron chi connectivity index (χ1n) is 18.2. The number of ether oxygens (including phenoxy) is 3. The monoisotopic (exact) mass is 784 g/mol.